The first-order chi connectivity index (χ1) is 9.63. The van der Waals surface area contributed by atoms with Crippen molar-refractivity contribution >= 4 is 11.7 Å². The van der Waals surface area contributed by atoms with Crippen molar-refractivity contribution in [2.24, 2.45) is 4.99 Å². The molecular formula is C16H30N2O3. The minimum Gasteiger partial charge on any atom is -0.462 e. The van der Waals surface area contributed by atoms with Crippen LogP contribution in [0.4, 0.5) is 0 Å². The summed E-state index contributed by atoms with van der Waals surface area (Å²) in [5, 5.41) is 3.58. The third-order valence-corrected chi connectivity index (χ3v) is 3.53. The van der Waals surface area contributed by atoms with Gasteiger partial charge in [0.2, 0.25) is 0 Å². The molecule has 1 N–H and O–H groups in total. The van der Waals surface area contributed by atoms with Crippen LogP contribution in [-0.4, -0.2) is 49.1 Å². The van der Waals surface area contributed by atoms with Gasteiger partial charge in [-0.3, -0.25) is 9.79 Å². The van der Waals surface area contributed by atoms with Crippen LogP contribution in [0.5, 0.6) is 0 Å². The number of hydrogen-bond acceptors (Lipinski definition) is 5. The fourth-order valence-corrected chi connectivity index (χ4v) is 3.13. The number of hydrogen-bond donors (Lipinski definition) is 1. The summed E-state index contributed by atoms with van der Waals surface area (Å²) in [5.41, 5.74) is 0.757. The molecule has 0 unspecified atom stereocenters. The number of aliphatic imine (C=N–C) groups is 1. The van der Waals surface area contributed by atoms with Gasteiger partial charge in [0.1, 0.15) is 6.10 Å². The summed E-state index contributed by atoms with van der Waals surface area (Å²) < 4.78 is 10.6. The number of nitrogens with one attached hydrogen (secondary N) is 1. The van der Waals surface area contributed by atoms with Gasteiger partial charge in [-0.15, -0.1) is 0 Å². The standard InChI is InChI=1S/C16H30N2O3/c1-12(17-7-8-20-6)9-14(19)21-13-10-15(2,3)18-16(4,5)11-13/h13,18H,7-11H2,1-6H3. The third-order valence-electron chi connectivity index (χ3n) is 3.53. The number of nitrogens with zero attached hydrogens (tertiary/aromatic N) is 1. The molecular weight excluding hydrogens is 268 g/mol. The monoisotopic (exact) mass is 298 g/mol. The van der Waals surface area contributed by atoms with Gasteiger partial charge in [0.15, 0.2) is 0 Å². The lowest BCUT2D eigenvalue weighted by Crippen LogP contribution is -2.59. The first-order valence-electron chi connectivity index (χ1n) is 7.61. The smallest absolute Gasteiger partial charge is 0.311 e. The molecule has 1 aliphatic rings. The van der Waals surface area contributed by atoms with Gasteiger partial charge in [0.05, 0.1) is 19.6 Å². The van der Waals surface area contributed by atoms with E-state index in [0.717, 1.165) is 18.6 Å². The fraction of sp³-hybridized carbons (Fsp3) is 0.875. The Bertz CT molecular complexity index is 373. The van der Waals surface area contributed by atoms with Crippen molar-refractivity contribution in [2.45, 2.75) is 71.1 Å². The van der Waals surface area contributed by atoms with E-state index in [4.69, 9.17) is 9.47 Å². The Labute approximate surface area is 128 Å². The molecule has 0 aromatic rings. The van der Waals surface area contributed by atoms with E-state index in [9.17, 15) is 4.79 Å². The number of esters is 1. The quantitative estimate of drug-likeness (QED) is 0.464. The minimum absolute atomic E-state index is 0.0195. The summed E-state index contributed by atoms with van der Waals surface area (Å²) in [4.78, 5) is 16.3. The van der Waals surface area contributed by atoms with Crippen LogP contribution in [0.15, 0.2) is 4.99 Å². The zero-order valence-corrected chi connectivity index (χ0v) is 14.3. The van der Waals surface area contributed by atoms with Crippen molar-refractivity contribution in [3.05, 3.63) is 0 Å². The molecule has 1 rings (SSSR count). The largest absolute Gasteiger partial charge is 0.462 e. The minimum atomic E-state index is -0.188. The van der Waals surface area contributed by atoms with Crippen LogP contribution in [0.2, 0.25) is 0 Å². The Morgan fingerprint density at radius 3 is 2.33 bits per heavy atom. The van der Waals surface area contributed by atoms with Crippen LogP contribution in [-0.2, 0) is 14.3 Å². The molecule has 0 saturated carbocycles. The van der Waals surface area contributed by atoms with Gasteiger partial charge in [-0.1, -0.05) is 0 Å². The Kier molecular flexibility index (Phi) is 6.35. The molecule has 0 atom stereocenters. The summed E-state index contributed by atoms with van der Waals surface area (Å²) in [6.07, 6.45) is 1.90. The van der Waals surface area contributed by atoms with Crippen molar-refractivity contribution in [3.8, 4) is 0 Å². The van der Waals surface area contributed by atoms with Crippen LogP contribution >= 0.6 is 0 Å². The lowest BCUT2D eigenvalue weighted by atomic mass is 9.81. The van der Waals surface area contributed by atoms with E-state index in [-0.39, 0.29) is 29.6 Å². The van der Waals surface area contributed by atoms with E-state index in [2.05, 4.69) is 38.0 Å². The van der Waals surface area contributed by atoms with Crippen LogP contribution in [0.3, 0.4) is 0 Å². The van der Waals surface area contributed by atoms with E-state index in [1.54, 1.807) is 7.11 Å². The lowest BCUT2D eigenvalue weighted by Gasteiger charge is -2.45. The first-order valence-corrected chi connectivity index (χ1v) is 7.61. The van der Waals surface area contributed by atoms with Crippen LogP contribution in [0.25, 0.3) is 0 Å². The molecule has 5 heteroatoms. The van der Waals surface area contributed by atoms with Gasteiger partial charge in [0.25, 0.3) is 0 Å². The van der Waals surface area contributed by atoms with E-state index in [0.29, 0.717) is 13.2 Å². The maximum atomic E-state index is 12.0. The molecule has 21 heavy (non-hydrogen) atoms. The Balaban J connectivity index is 2.49. The van der Waals surface area contributed by atoms with Gasteiger partial charge < -0.3 is 14.8 Å². The summed E-state index contributed by atoms with van der Waals surface area (Å²) in [6, 6.07) is 0. The van der Waals surface area contributed by atoms with E-state index in [1.807, 2.05) is 6.92 Å². The molecule has 0 aliphatic carbocycles. The molecule has 0 radical (unpaired) electrons. The highest BCUT2D eigenvalue weighted by molar-refractivity contribution is 5.97. The third kappa shape index (κ3) is 7.05. The Hall–Kier alpha value is -0.940. The zero-order valence-electron chi connectivity index (χ0n) is 14.3. The van der Waals surface area contributed by atoms with Gasteiger partial charge >= 0.3 is 5.97 Å². The fourth-order valence-electron chi connectivity index (χ4n) is 3.13. The molecule has 1 aliphatic heterocycles. The molecule has 1 saturated heterocycles. The highest BCUT2D eigenvalue weighted by Crippen LogP contribution is 2.30. The predicted molar refractivity (Wildman–Crippen MR) is 84.9 cm³/mol. The second-order valence-electron chi connectivity index (χ2n) is 7.20. The Morgan fingerprint density at radius 2 is 1.81 bits per heavy atom. The lowest BCUT2D eigenvalue weighted by molar-refractivity contribution is -0.151. The molecule has 5 nitrogen and oxygen atoms in total. The van der Waals surface area contributed by atoms with Gasteiger partial charge in [-0.05, 0) is 34.6 Å². The molecule has 0 amide bonds. The SMILES string of the molecule is COCCN=C(C)CC(=O)OC1CC(C)(C)NC(C)(C)C1. The number of carbonyl (C=O) groups is 1. The molecule has 1 heterocycles. The number of ether oxygens (including phenoxy) is 2. The van der Waals surface area contributed by atoms with Crippen LogP contribution < -0.4 is 5.32 Å². The van der Waals surface area contributed by atoms with Crippen molar-refractivity contribution in [1.82, 2.24) is 5.32 Å². The van der Waals surface area contributed by atoms with E-state index in [1.165, 1.54) is 0 Å². The van der Waals surface area contributed by atoms with Crippen molar-refractivity contribution in [3.63, 3.8) is 0 Å². The normalized spacial score (nSPS) is 22.1. The van der Waals surface area contributed by atoms with Crippen molar-refractivity contribution in [1.29, 1.82) is 0 Å². The Morgan fingerprint density at radius 1 is 1.24 bits per heavy atom. The van der Waals surface area contributed by atoms with Gasteiger partial charge in [0, 0.05) is 36.7 Å². The van der Waals surface area contributed by atoms with Gasteiger partial charge in [-0.2, -0.15) is 0 Å². The highest BCUT2D eigenvalue weighted by Gasteiger charge is 2.39. The average molecular weight is 298 g/mol. The number of methoxy groups -OCH3 is 1. The van der Waals surface area contributed by atoms with E-state index >= 15 is 0 Å². The van der Waals surface area contributed by atoms with Crippen molar-refractivity contribution < 1.29 is 14.3 Å². The molecule has 0 bridgehead atoms. The molecule has 0 aromatic heterocycles. The maximum absolute atomic E-state index is 12.0. The predicted octanol–water partition coefficient (Wildman–Crippen LogP) is 2.34. The number of piperidine rings is 1. The summed E-state index contributed by atoms with van der Waals surface area (Å²) >= 11 is 0. The van der Waals surface area contributed by atoms with Crippen molar-refractivity contribution in [2.75, 3.05) is 20.3 Å². The van der Waals surface area contributed by atoms with Gasteiger partial charge in [-0.25, -0.2) is 0 Å². The van der Waals surface area contributed by atoms with Crippen LogP contribution in [0.1, 0.15) is 53.9 Å². The summed E-state index contributed by atoms with van der Waals surface area (Å²) in [6.45, 7) is 11.6. The highest BCUT2D eigenvalue weighted by atomic mass is 16.5. The maximum Gasteiger partial charge on any atom is 0.311 e. The van der Waals surface area contributed by atoms with E-state index < -0.39 is 0 Å². The number of carbonyl (C=O) groups excluding carboxylic acids is 1. The molecule has 122 valence electrons. The molecule has 0 spiro atoms. The second kappa shape index (κ2) is 7.36. The zero-order chi connectivity index (χ0) is 16.1. The topological polar surface area (TPSA) is 59.9 Å². The molecule has 1 fully saturated rings. The summed E-state index contributed by atoms with van der Waals surface area (Å²) in [5.74, 6) is -0.188. The second-order valence-corrected chi connectivity index (χ2v) is 7.20. The molecule has 0 aromatic carbocycles. The number of rotatable bonds is 6. The van der Waals surface area contributed by atoms with Crippen LogP contribution in [0, 0.1) is 0 Å². The summed E-state index contributed by atoms with van der Waals surface area (Å²) in [7, 11) is 1.64. The first kappa shape index (κ1) is 18.1. The average Bonchev–Trinajstić information content (AvgIpc) is 2.23.